The maximum atomic E-state index is 14.9. The molecule has 0 amide bonds. The molecule has 0 aliphatic heterocycles. The predicted octanol–water partition coefficient (Wildman–Crippen LogP) is 6.15. The van der Waals surface area contributed by atoms with Crippen LogP contribution in [0.15, 0.2) is 127 Å². The lowest BCUT2D eigenvalue weighted by Crippen LogP contribution is -2.25. The molecular formula is C28H21OP. The van der Waals surface area contributed by atoms with Gasteiger partial charge < -0.3 is 4.57 Å². The lowest BCUT2D eigenvalue weighted by atomic mass is 10.1. The summed E-state index contributed by atoms with van der Waals surface area (Å²) in [6, 6.07) is 42.6. The Bertz CT molecular complexity index is 1330. The fraction of sp³-hybridized carbons (Fsp3) is 0. The first-order valence-corrected chi connectivity index (χ1v) is 11.8. The third kappa shape index (κ3) is 3.18. The quantitative estimate of drug-likeness (QED) is 0.329. The number of fused-ring (bicyclic) bond motifs is 1. The first-order chi connectivity index (χ1) is 14.8. The number of hydrogen-bond acceptors (Lipinski definition) is 1. The van der Waals surface area contributed by atoms with Crippen molar-refractivity contribution in [2.45, 2.75) is 0 Å². The normalized spacial score (nSPS) is 13.1. The zero-order valence-electron chi connectivity index (χ0n) is 16.5. The maximum absolute atomic E-state index is 14.9. The van der Waals surface area contributed by atoms with Gasteiger partial charge in [-0.1, -0.05) is 127 Å². The Morgan fingerprint density at radius 2 is 0.967 bits per heavy atom. The minimum absolute atomic E-state index is 0.852. The van der Waals surface area contributed by atoms with E-state index in [1.54, 1.807) is 0 Å². The van der Waals surface area contributed by atoms with E-state index in [1.165, 1.54) is 0 Å². The molecule has 1 atom stereocenters. The zero-order chi connectivity index (χ0) is 20.4. The van der Waals surface area contributed by atoms with E-state index < -0.39 is 7.14 Å². The van der Waals surface area contributed by atoms with Gasteiger partial charge in [-0.05, 0) is 21.9 Å². The van der Waals surface area contributed by atoms with E-state index in [0.29, 0.717) is 0 Å². The van der Waals surface area contributed by atoms with Crippen LogP contribution in [0.2, 0.25) is 0 Å². The van der Waals surface area contributed by atoms with Crippen LogP contribution in [0.3, 0.4) is 0 Å². The van der Waals surface area contributed by atoms with Gasteiger partial charge in [-0.2, -0.15) is 0 Å². The van der Waals surface area contributed by atoms with Crippen LogP contribution in [-0.2, 0) is 4.57 Å². The monoisotopic (exact) mass is 404 g/mol. The molecule has 5 rings (SSSR count). The molecule has 144 valence electrons. The lowest BCUT2D eigenvalue weighted by molar-refractivity contribution is 0.592. The Kier molecular flexibility index (Phi) is 4.83. The van der Waals surface area contributed by atoms with E-state index in [4.69, 9.17) is 0 Å². The minimum Gasteiger partial charge on any atom is -0.309 e. The summed E-state index contributed by atoms with van der Waals surface area (Å²) in [6.07, 6.45) is 0. The van der Waals surface area contributed by atoms with Gasteiger partial charge in [-0.15, -0.1) is 0 Å². The molecule has 5 aromatic rings. The summed E-state index contributed by atoms with van der Waals surface area (Å²) in [6.45, 7) is 0. The van der Waals surface area contributed by atoms with Crippen LogP contribution >= 0.6 is 7.14 Å². The average Bonchev–Trinajstić information content (AvgIpc) is 2.84. The Labute approximate surface area is 177 Å². The molecule has 0 saturated heterocycles. The van der Waals surface area contributed by atoms with Crippen molar-refractivity contribution >= 4 is 33.8 Å². The zero-order valence-corrected chi connectivity index (χ0v) is 17.4. The molecule has 0 bridgehead atoms. The van der Waals surface area contributed by atoms with E-state index in [2.05, 4.69) is 42.5 Å². The van der Waals surface area contributed by atoms with Gasteiger partial charge in [0.15, 0.2) is 7.14 Å². The van der Waals surface area contributed by atoms with Gasteiger partial charge >= 0.3 is 0 Å². The van der Waals surface area contributed by atoms with E-state index in [1.807, 2.05) is 84.9 Å². The van der Waals surface area contributed by atoms with Crippen molar-refractivity contribution in [3.05, 3.63) is 127 Å². The summed E-state index contributed by atoms with van der Waals surface area (Å²) in [5.41, 5.74) is 2.28. The molecule has 0 saturated carbocycles. The van der Waals surface area contributed by atoms with Crippen LogP contribution < -0.4 is 15.9 Å². The van der Waals surface area contributed by atoms with Crippen molar-refractivity contribution in [2.75, 3.05) is 0 Å². The van der Waals surface area contributed by atoms with Crippen molar-refractivity contribution in [2.24, 2.45) is 0 Å². The fourth-order valence-corrected chi connectivity index (χ4v) is 6.90. The van der Waals surface area contributed by atoms with Gasteiger partial charge in [0.1, 0.15) is 0 Å². The Balaban J connectivity index is 1.73. The van der Waals surface area contributed by atoms with Gasteiger partial charge in [-0.3, -0.25) is 0 Å². The van der Waals surface area contributed by atoms with Crippen LogP contribution in [-0.4, -0.2) is 0 Å². The van der Waals surface area contributed by atoms with Crippen molar-refractivity contribution in [1.82, 2.24) is 0 Å². The number of hydrogen-bond donors (Lipinski definition) is 0. The summed E-state index contributed by atoms with van der Waals surface area (Å²) < 4.78 is 14.9. The predicted molar refractivity (Wildman–Crippen MR) is 129 cm³/mol. The summed E-state index contributed by atoms with van der Waals surface area (Å²) in [5, 5.41) is 4.74. The van der Waals surface area contributed by atoms with Gasteiger partial charge in [0.25, 0.3) is 0 Å². The summed E-state index contributed by atoms with van der Waals surface area (Å²) >= 11 is 0. The van der Waals surface area contributed by atoms with Crippen LogP contribution in [0, 0.1) is 0 Å². The highest BCUT2D eigenvalue weighted by Crippen LogP contribution is 2.44. The third-order valence-corrected chi connectivity index (χ3v) is 8.68. The molecule has 1 unspecified atom stereocenters. The topological polar surface area (TPSA) is 17.1 Å². The van der Waals surface area contributed by atoms with Crippen LogP contribution in [0.25, 0.3) is 21.9 Å². The third-order valence-electron chi connectivity index (χ3n) is 5.56. The first-order valence-electron chi connectivity index (χ1n) is 10.1. The molecule has 5 aromatic carbocycles. The van der Waals surface area contributed by atoms with E-state index in [-0.39, 0.29) is 0 Å². The van der Waals surface area contributed by atoms with E-state index in [0.717, 1.165) is 37.8 Å². The van der Waals surface area contributed by atoms with Gasteiger partial charge in [0.2, 0.25) is 0 Å². The first kappa shape index (κ1) is 18.6. The highest BCUT2D eigenvalue weighted by atomic mass is 31.2. The van der Waals surface area contributed by atoms with E-state index >= 15 is 0 Å². The molecule has 0 aliphatic rings. The second-order valence-electron chi connectivity index (χ2n) is 7.36. The lowest BCUT2D eigenvalue weighted by Gasteiger charge is -2.22. The largest absolute Gasteiger partial charge is 0.309 e. The molecule has 0 heterocycles. The Hall–Kier alpha value is -3.41. The highest BCUT2D eigenvalue weighted by molar-refractivity contribution is 7.85. The Morgan fingerprint density at radius 1 is 0.433 bits per heavy atom. The molecule has 30 heavy (non-hydrogen) atoms. The van der Waals surface area contributed by atoms with Crippen LogP contribution in [0.4, 0.5) is 0 Å². The summed E-state index contributed by atoms with van der Waals surface area (Å²) in [5.74, 6) is 0. The molecule has 0 aliphatic carbocycles. The molecular weight excluding hydrogens is 383 g/mol. The van der Waals surface area contributed by atoms with Crippen molar-refractivity contribution in [3.8, 4) is 11.1 Å². The number of benzene rings is 5. The fourth-order valence-electron chi connectivity index (χ4n) is 4.04. The molecule has 0 aromatic heterocycles. The highest BCUT2D eigenvalue weighted by Gasteiger charge is 2.31. The van der Waals surface area contributed by atoms with Gasteiger partial charge in [0, 0.05) is 15.9 Å². The smallest absolute Gasteiger partial charge is 0.171 e. The minimum atomic E-state index is -3.03. The molecule has 1 nitrogen and oxygen atoms in total. The van der Waals surface area contributed by atoms with Crippen LogP contribution in [0.5, 0.6) is 0 Å². The molecule has 0 radical (unpaired) electrons. The molecule has 0 spiro atoms. The SMILES string of the molecule is O=P(c1ccccc1)(c1ccc(-c2ccccc2)cc1)c1cccc2ccccc12. The van der Waals surface area contributed by atoms with Crippen LogP contribution in [0.1, 0.15) is 0 Å². The Morgan fingerprint density at radius 3 is 1.70 bits per heavy atom. The van der Waals surface area contributed by atoms with Crippen molar-refractivity contribution in [3.63, 3.8) is 0 Å². The number of rotatable bonds is 4. The van der Waals surface area contributed by atoms with Crippen molar-refractivity contribution < 1.29 is 4.57 Å². The van der Waals surface area contributed by atoms with Crippen molar-refractivity contribution in [1.29, 1.82) is 0 Å². The maximum Gasteiger partial charge on any atom is 0.171 e. The summed E-state index contributed by atoms with van der Waals surface area (Å²) in [4.78, 5) is 0. The standard InChI is InChI=1S/C28H21OP/c29-30(25-14-5-2-6-15-25,28-17-9-13-24-12-7-8-16-27(24)28)26-20-18-23(19-21-26)22-10-3-1-4-11-22/h1-21H. The molecule has 0 N–H and O–H groups in total. The summed E-state index contributed by atoms with van der Waals surface area (Å²) in [7, 11) is -3.03. The van der Waals surface area contributed by atoms with E-state index in [9.17, 15) is 4.57 Å². The molecule has 2 heteroatoms. The van der Waals surface area contributed by atoms with Gasteiger partial charge in [0.05, 0.1) is 0 Å². The average molecular weight is 404 g/mol. The second kappa shape index (κ2) is 7.78. The second-order valence-corrected chi connectivity index (χ2v) is 10.1. The molecule has 0 fully saturated rings. The van der Waals surface area contributed by atoms with Gasteiger partial charge in [-0.25, -0.2) is 0 Å².